The second kappa shape index (κ2) is 4.65. The zero-order valence-electron chi connectivity index (χ0n) is 9.30. The molecule has 1 aliphatic rings. The van der Waals surface area contributed by atoms with Gasteiger partial charge in [0.25, 0.3) is 0 Å². The molecule has 1 aromatic rings. The van der Waals surface area contributed by atoms with E-state index in [1.165, 1.54) is 6.08 Å². The molecule has 1 amide bonds. The van der Waals surface area contributed by atoms with Crippen molar-refractivity contribution in [1.29, 1.82) is 0 Å². The smallest absolute Gasteiger partial charge is 0.224 e. The number of benzene rings is 1. The van der Waals surface area contributed by atoms with Crippen LogP contribution in [0, 0.1) is 11.6 Å². The molecule has 0 aromatic heterocycles. The molecule has 17 heavy (non-hydrogen) atoms. The van der Waals surface area contributed by atoms with E-state index in [1.807, 2.05) is 0 Å². The monoisotopic (exact) mass is 237 g/mol. The third-order valence-corrected chi connectivity index (χ3v) is 2.68. The molecule has 0 aliphatic heterocycles. The van der Waals surface area contributed by atoms with Gasteiger partial charge in [0.05, 0.1) is 6.42 Å². The maximum absolute atomic E-state index is 13.5. The van der Waals surface area contributed by atoms with Crippen molar-refractivity contribution in [2.24, 2.45) is 0 Å². The minimum absolute atomic E-state index is 0.0752. The molecule has 0 bridgehead atoms. The first-order valence-electron chi connectivity index (χ1n) is 5.50. The molecule has 0 unspecified atom stereocenters. The van der Waals surface area contributed by atoms with Gasteiger partial charge in [-0.1, -0.05) is 12.7 Å². The van der Waals surface area contributed by atoms with E-state index in [2.05, 4.69) is 11.9 Å². The van der Waals surface area contributed by atoms with E-state index in [1.54, 1.807) is 0 Å². The number of nitrogens with one attached hydrogen (secondary N) is 1. The van der Waals surface area contributed by atoms with Crippen LogP contribution in [0.1, 0.15) is 24.0 Å². The predicted octanol–water partition coefficient (Wildman–Crippen LogP) is 2.43. The average Bonchev–Trinajstić information content (AvgIpc) is 3.06. The van der Waals surface area contributed by atoms with Crippen molar-refractivity contribution in [3.8, 4) is 0 Å². The minimum atomic E-state index is -0.577. The number of hydrogen-bond acceptors (Lipinski definition) is 1. The largest absolute Gasteiger partial charge is 0.353 e. The van der Waals surface area contributed by atoms with Crippen molar-refractivity contribution >= 4 is 12.0 Å². The first-order valence-corrected chi connectivity index (χ1v) is 5.50. The molecule has 0 spiro atoms. The van der Waals surface area contributed by atoms with Crippen molar-refractivity contribution in [2.45, 2.75) is 25.3 Å². The zero-order valence-corrected chi connectivity index (χ0v) is 9.30. The molecule has 0 atom stereocenters. The van der Waals surface area contributed by atoms with Crippen LogP contribution in [-0.4, -0.2) is 11.9 Å². The first kappa shape index (κ1) is 11.8. The van der Waals surface area contributed by atoms with Gasteiger partial charge in [-0.05, 0) is 25.0 Å². The number of halogens is 2. The molecule has 1 fully saturated rings. The molecule has 90 valence electrons. The Morgan fingerprint density at radius 1 is 1.41 bits per heavy atom. The molecule has 2 nitrogen and oxygen atoms in total. The van der Waals surface area contributed by atoms with Crippen LogP contribution in [0.3, 0.4) is 0 Å². The fourth-order valence-corrected chi connectivity index (χ4v) is 1.57. The van der Waals surface area contributed by atoms with Crippen molar-refractivity contribution in [1.82, 2.24) is 5.32 Å². The van der Waals surface area contributed by atoms with Crippen molar-refractivity contribution in [2.75, 3.05) is 0 Å². The Hall–Kier alpha value is -1.71. The molecule has 0 radical (unpaired) electrons. The minimum Gasteiger partial charge on any atom is -0.353 e. The van der Waals surface area contributed by atoms with E-state index in [0.717, 1.165) is 25.0 Å². The van der Waals surface area contributed by atoms with E-state index < -0.39 is 11.6 Å². The van der Waals surface area contributed by atoms with Gasteiger partial charge in [0.1, 0.15) is 11.6 Å². The zero-order chi connectivity index (χ0) is 12.4. The quantitative estimate of drug-likeness (QED) is 0.856. The highest BCUT2D eigenvalue weighted by molar-refractivity contribution is 5.79. The predicted molar refractivity (Wildman–Crippen MR) is 61.3 cm³/mol. The van der Waals surface area contributed by atoms with Gasteiger partial charge in [-0.25, -0.2) is 8.78 Å². The molecular formula is C13H13F2NO. The summed E-state index contributed by atoms with van der Waals surface area (Å²) in [5, 5.41) is 2.73. The number of amides is 1. The summed E-state index contributed by atoms with van der Waals surface area (Å²) in [6.45, 7) is 3.39. The Morgan fingerprint density at radius 2 is 2.12 bits per heavy atom. The van der Waals surface area contributed by atoms with Gasteiger partial charge >= 0.3 is 0 Å². The summed E-state index contributed by atoms with van der Waals surface area (Å²) >= 11 is 0. The third-order valence-electron chi connectivity index (χ3n) is 2.68. The van der Waals surface area contributed by atoms with Crippen LogP contribution >= 0.6 is 0 Å². The maximum atomic E-state index is 13.5. The first-order chi connectivity index (χ1) is 8.10. The highest BCUT2D eigenvalue weighted by Crippen LogP contribution is 2.20. The summed E-state index contributed by atoms with van der Waals surface area (Å²) in [4.78, 5) is 11.5. The molecule has 0 saturated heterocycles. The van der Waals surface area contributed by atoms with E-state index in [9.17, 15) is 13.6 Å². The summed E-state index contributed by atoms with van der Waals surface area (Å²) < 4.78 is 26.9. The van der Waals surface area contributed by atoms with Gasteiger partial charge in [0.2, 0.25) is 5.91 Å². The second-order valence-electron chi connectivity index (χ2n) is 4.19. The van der Waals surface area contributed by atoms with Crippen LogP contribution in [0.4, 0.5) is 8.78 Å². The van der Waals surface area contributed by atoms with Gasteiger partial charge in [0.15, 0.2) is 0 Å². The van der Waals surface area contributed by atoms with Gasteiger partial charge in [-0.3, -0.25) is 4.79 Å². The van der Waals surface area contributed by atoms with Crippen LogP contribution in [-0.2, 0) is 11.2 Å². The van der Waals surface area contributed by atoms with E-state index in [4.69, 9.17) is 0 Å². The topological polar surface area (TPSA) is 29.1 Å². The van der Waals surface area contributed by atoms with Crippen molar-refractivity contribution < 1.29 is 13.6 Å². The summed E-state index contributed by atoms with van der Waals surface area (Å²) in [6.07, 6.45) is 3.05. The normalized spacial score (nSPS) is 14.5. The lowest BCUT2D eigenvalue weighted by Crippen LogP contribution is -2.27. The molecular weight excluding hydrogens is 224 g/mol. The Bertz CT molecular complexity index is 467. The fourth-order valence-electron chi connectivity index (χ4n) is 1.57. The Balaban J connectivity index is 2.11. The molecule has 1 saturated carbocycles. The average molecular weight is 237 g/mol. The number of hydrogen-bond donors (Lipinski definition) is 1. The summed E-state index contributed by atoms with van der Waals surface area (Å²) in [5.74, 6) is -1.40. The van der Waals surface area contributed by atoms with Crippen LogP contribution in [0.5, 0.6) is 0 Å². The molecule has 1 aromatic carbocycles. The van der Waals surface area contributed by atoms with Crippen molar-refractivity contribution in [3.63, 3.8) is 0 Å². The third kappa shape index (κ3) is 2.90. The number of carbonyl (C=O) groups is 1. The lowest BCUT2D eigenvalue weighted by molar-refractivity contribution is -0.120. The lowest BCUT2D eigenvalue weighted by Gasteiger charge is -2.06. The van der Waals surface area contributed by atoms with Crippen LogP contribution in [0.15, 0.2) is 18.7 Å². The van der Waals surface area contributed by atoms with Gasteiger partial charge in [-0.15, -0.1) is 0 Å². The van der Waals surface area contributed by atoms with E-state index in [-0.39, 0.29) is 29.5 Å². The van der Waals surface area contributed by atoms with Crippen LogP contribution in [0.2, 0.25) is 0 Å². The highest BCUT2D eigenvalue weighted by Gasteiger charge is 2.23. The Labute approximate surface area is 98.3 Å². The summed E-state index contributed by atoms with van der Waals surface area (Å²) in [5.41, 5.74) is 0.181. The number of rotatable bonds is 4. The maximum Gasteiger partial charge on any atom is 0.224 e. The molecule has 0 heterocycles. The fraction of sp³-hybridized carbons (Fsp3) is 0.308. The molecule has 4 heteroatoms. The molecule has 1 aliphatic carbocycles. The molecule has 1 N–H and O–H groups in total. The number of carbonyl (C=O) groups excluding carboxylic acids is 1. The lowest BCUT2D eigenvalue weighted by atomic mass is 10.1. The van der Waals surface area contributed by atoms with Gasteiger partial charge in [-0.2, -0.15) is 0 Å². The van der Waals surface area contributed by atoms with Gasteiger partial charge < -0.3 is 5.32 Å². The SMILES string of the molecule is C=Cc1cc(F)c(CC(=O)NC2CC2)cc1F. The standard InChI is InChI=1S/C13H13F2NO/c1-2-8-5-12(15)9(6-11(8)14)7-13(17)16-10-3-4-10/h2,5-6,10H,1,3-4,7H2,(H,16,17). The Kier molecular flexibility index (Phi) is 3.22. The molecule has 2 rings (SSSR count). The van der Waals surface area contributed by atoms with E-state index in [0.29, 0.717) is 0 Å². The highest BCUT2D eigenvalue weighted by atomic mass is 19.1. The summed E-state index contributed by atoms with van der Waals surface area (Å²) in [6, 6.07) is 2.34. The Morgan fingerprint density at radius 3 is 2.71 bits per heavy atom. The van der Waals surface area contributed by atoms with Crippen LogP contribution in [0.25, 0.3) is 6.08 Å². The van der Waals surface area contributed by atoms with Crippen LogP contribution < -0.4 is 5.32 Å². The van der Waals surface area contributed by atoms with Gasteiger partial charge in [0, 0.05) is 17.2 Å². The van der Waals surface area contributed by atoms with Crippen molar-refractivity contribution in [3.05, 3.63) is 41.5 Å². The summed E-state index contributed by atoms with van der Waals surface area (Å²) in [7, 11) is 0. The second-order valence-corrected chi connectivity index (χ2v) is 4.19. The van der Waals surface area contributed by atoms with E-state index >= 15 is 0 Å².